The fourth-order valence-corrected chi connectivity index (χ4v) is 4.83. The van der Waals surface area contributed by atoms with Gasteiger partial charge < -0.3 is 20.8 Å². The van der Waals surface area contributed by atoms with Gasteiger partial charge in [-0.15, -0.1) is 0 Å². The number of carbonyl (C=O) groups is 1. The third-order valence-electron chi connectivity index (χ3n) is 6.67. The Morgan fingerprint density at radius 1 is 1.10 bits per heavy atom. The van der Waals surface area contributed by atoms with E-state index in [9.17, 15) is 15.0 Å². The highest BCUT2D eigenvalue weighted by atomic mass is 16.3. The second-order valence-corrected chi connectivity index (χ2v) is 8.57. The average Bonchev–Trinajstić information content (AvgIpc) is 3.42. The first-order valence-corrected chi connectivity index (χ1v) is 10.5. The van der Waals surface area contributed by atoms with E-state index in [-0.39, 0.29) is 24.0 Å². The molecule has 4 rings (SSSR count). The molecule has 2 fully saturated rings. The molecule has 2 unspecified atom stereocenters. The van der Waals surface area contributed by atoms with Gasteiger partial charge in [-0.1, -0.05) is 60.7 Å². The third-order valence-corrected chi connectivity index (χ3v) is 6.67. The molecule has 1 saturated heterocycles. The van der Waals surface area contributed by atoms with E-state index in [1.54, 1.807) is 12.1 Å². The van der Waals surface area contributed by atoms with Gasteiger partial charge in [0.25, 0.3) is 0 Å². The van der Waals surface area contributed by atoms with Gasteiger partial charge in [0.05, 0.1) is 18.7 Å². The number of carbonyl (C=O) groups excluding carboxylic acids is 1. The zero-order valence-electron chi connectivity index (χ0n) is 16.6. The zero-order valence-corrected chi connectivity index (χ0v) is 16.6. The summed E-state index contributed by atoms with van der Waals surface area (Å²) in [6.45, 7) is 0.519. The number of hydrogen-bond acceptors (Lipinski definition) is 4. The van der Waals surface area contributed by atoms with Gasteiger partial charge in [0.1, 0.15) is 6.10 Å². The molecule has 29 heavy (non-hydrogen) atoms. The number of rotatable bonds is 7. The highest BCUT2D eigenvalue weighted by Gasteiger charge is 2.56. The smallest absolute Gasteiger partial charge is 0.237 e. The van der Waals surface area contributed by atoms with Crippen LogP contribution in [0.15, 0.2) is 60.7 Å². The lowest BCUT2D eigenvalue weighted by Gasteiger charge is -2.32. The lowest BCUT2D eigenvalue weighted by atomic mass is 9.85. The van der Waals surface area contributed by atoms with Gasteiger partial charge in [-0.05, 0) is 54.7 Å². The van der Waals surface area contributed by atoms with E-state index >= 15 is 0 Å². The number of piperidine rings is 1. The molecule has 5 atom stereocenters. The van der Waals surface area contributed by atoms with E-state index in [0.29, 0.717) is 11.5 Å². The van der Waals surface area contributed by atoms with Crippen molar-refractivity contribution < 1.29 is 15.0 Å². The second-order valence-electron chi connectivity index (χ2n) is 8.57. The Hall–Kier alpha value is -2.21. The Kier molecular flexibility index (Phi) is 5.99. The van der Waals surface area contributed by atoms with Gasteiger partial charge in [-0.3, -0.25) is 4.79 Å². The SMILES string of the molecule is O=C(N[C@H](CO)[C@H](O)c1ccccc1)[C@H]1CC2(CCN1)CC2Cc1ccccc1. The van der Waals surface area contributed by atoms with E-state index in [4.69, 9.17) is 0 Å². The average molecular weight is 395 g/mol. The summed E-state index contributed by atoms with van der Waals surface area (Å²) in [4.78, 5) is 12.9. The number of aliphatic hydroxyl groups excluding tert-OH is 2. The number of nitrogens with one attached hydrogen (secondary N) is 2. The highest BCUT2D eigenvalue weighted by Crippen LogP contribution is 2.60. The molecule has 1 heterocycles. The molecule has 5 heteroatoms. The van der Waals surface area contributed by atoms with Crippen LogP contribution in [-0.2, 0) is 11.2 Å². The molecule has 1 saturated carbocycles. The van der Waals surface area contributed by atoms with Gasteiger partial charge in [0.2, 0.25) is 5.91 Å². The van der Waals surface area contributed by atoms with Crippen LogP contribution in [0.3, 0.4) is 0 Å². The molecule has 0 bridgehead atoms. The molecule has 154 valence electrons. The minimum absolute atomic E-state index is 0.136. The van der Waals surface area contributed by atoms with E-state index in [1.165, 1.54) is 12.0 Å². The molecule has 2 aliphatic rings. The predicted octanol–water partition coefficient (Wildman–Crippen LogP) is 2.20. The maximum Gasteiger partial charge on any atom is 0.237 e. The van der Waals surface area contributed by atoms with Crippen LogP contribution in [-0.4, -0.2) is 41.4 Å². The number of amides is 1. The molecule has 1 aliphatic carbocycles. The van der Waals surface area contributed by atoms with Gasteiger partial charge >= 0.3 is 0 Å². The normalized spacial score (nSPS) is 27.9. The lowest BCUT2D eigenvalue weighted by Crippen LogP contribution is -2.53. The largest absolute Gasteiger partial charge is 0.394 e. The first kappa shape index (κ1) is 20.1. The summed E-state index contributed by atoms with van der Waals surface area (Å²) in [5.41, 5.74) is 2.29. The van der Waals surface area contributed by atoms with E-state index in [1.807, 2.05) is 24.3 Å². The van der Waals surface area contributed by atoms with Crippen LogP contribution in [0.4, 0.5) is 0 Å². The summed E-state index contributed by atoms with van der Waals surface area (Å²) in [7, 11) is 0. The Morgan fingerprint density at radius 2 is 1.79 bits per heavy atom. The fourth-order valence-electron chi connectivity index (χ4n) is 4.83. The van der Waals surface area contributed by atoms with Crippen molar-refractivity contribution in [3.8, 4) is 0 Å². The quantitative estimate of drug-likeness (QED) is 0.580. The van der Waals surface area contributed by atoms with Crippen molar-refractivity contribution in [2.75, 3.05) is 13.2 Å². The van der Waals surface area contributed by atoms with Crippen molar-refractivity contribution >= 4 is 5.91 Å². The zero-order chi connectivity index (χ0) is 20.3. The van der Waals surface area contributed by atoms with Crippen LogP contribution in [0.1, 0.15) is 36.5 Å². The lowest BCUT2D eigenvalue weighted by molar-refractivity contribution is -0.126. The molecule has 4 N–H and O–H groups in total. The number of aliphatic hydroxyl groups is 2. The first-order valence-electron chi connectivity index (χ1n) is 10.5. The first-order chi connectivity index (χ1) is 14.1. The van der Waals surface area contributed by atoms with Crippen LogP contribution >= 0.6 is 0 Å². The summed E-state index contributed by atoms with van der Waals surface area (Å²) in [5.74, 6) is 0.495. The monoisotopic (exact) mass is 394 g/mol. The van der Waals surface area contributed by atoms with Crippen molar-refractivity contribution in [1.82, 2.24) is 10.6 Å². The van der Waals surface area contributed by atoms with Gasteiger partial charge in [0.15, 0.2) is 0 Å². The molecule has 1 amide bonds. The second kappa shape index (κ2) is 8.66. The standard InChI is InChI=1S/C24H30N2O3/c27-16-21(22(28)18-9-5-2-6-10-18)26-23(29)20-15-24(11-12-25-20)14-19(24)13-17-7-3-1-4-8-17/h1-10,19-22,25,27-28H,11-16H2,(H,26,29)/t19?,20-,21-,22-,24?/m1/s1. The van der Waals surface area contributed by atoms with Gasteiger partial charge in [0, 0.05) is 0 Å². The van der Waals surface area contributed by atoms with E-state index < -0.39 is 12.1 Å². The Morgan fingerprint density at radius 3 is 2.48 bits per heavy atom. The summed E-state index contributed by atoms with van der Waals surface area (Å²) >= 11 is 0. The Balaban J connectivity index is 1.35. The molecule has 5 nitrogen and oxygen atoms in total. The maximum atomic E-state index is 12.9. The summed E-state index contributed by atoms with van der Waals surface area (Å²) in [6, 6.07) is 18.7. The molecule has 1 spiro atoms. The number of benzene rings is 2. The fraction of sp³-hybridized carbons (Fsp3) is 0.458. The topological polar surface area (TPSA) is 81.6 Å². The van der Waals surface area contributed by atoms with Crippen molar-refractivity contribution in [2.24, 2.45) is 11.3 Å². The van der Waals surface area contributed by atoms with Crippen LogP contribution in [0, 0.1) is 11.3 Å². The van der Waals surface area contributed by atoms with Crippen molar-refractivity contribution in [3.05, 3.63) is 71.8 Å². The minimum atomic E-state index is -0.936. The summed E-state index contributed by atoms with van der Waals surface area (Å²) < 4.78 is 0. The van der Waals surface area contributed by atoms with Crippen LogP contribution in [0.25, 0.3) is 0 Å². The maximum absolute atomic E-state index is 12.9. The minimum Gasteiger partial charge on any atom is -0.394 e. The summed E-state index contributed by atoms with van der Waals surface area (Å²) in [6.07, 6.45) is 3.22. The van der Waals surface area contributed by atoms with Crippen molar-refractivity contribution in [2.45, 2.75) is 43.9 Å². The van der Waals surface area contributed by atoms with Crippen molar-refractivity contribution in [1.29, 1.82) is 0 Å². The molecule has 0 radical (unpaired) electrons. The van der Waals surface area contributed by atoms with Crippen LogP contribution in [0.5, 0.6) is 0 Å². The Bertz CT molecular complexity index is 813. The predicted molar refractivity (Wildman–Crippen MR) is 112 cm³/mol. The number of hydrogen-bond donors (Lipinski definition) is 4. The van der Waals surface area contributed by atoms with Gasteiger partial charge in [-0.25, -0.2) is 0 Å². The Labute approximate surface area is 172 Å². The van der Waals surface area contributed by atoms with E-state index in [2.05, 4.69) is 34.9 Å². The third kappa shape index (κ3) is 4.53. The molecule has 0 aromatic heterocycles. The molecule has 1 aliphatic heterocycles. The van der Waals surface area contributed by atoms with Crippen molar-refractivity contribution in [3.63, 3.8) is 0 Å². The van der Waals surface area contributed by atoms with Gasteiger partial charge in [-0.2, -0.15) is 0 Å². The van der Waals surface area contributed by atoms with Crippen LogP contribution in [0.2, 0.25) is 0 Å². The molecular weight excluding hydrogens is 364 g/mol. The van der Waals surface area contributed by atoms with Crippen LogP contribution < -0.4 is 10.6 Å². The summed E-state index contributed by atoms with van der Waals surface area (Å²) in [5, 5.41) is 26.5. The van der Waals surface area contributed by atoms with E-state index in [0.717, 1.165) is 25.8 Å². The molecular formula is C24H30N2O3. The molecule has 2 aromatic rings. The highest BCUT2D eigenvalue weighted by molar-refractivity contribution is 5.82. The molecule has 2 aromatic carbocycles.